The monoisotopic (exact) mass is 344 g/mol. The van der Waals surface area contributed by atoms with Gasteiger partial charge in [-0.3, -0.25) is 9.63 Å². The lowest BCUT2D eigenvalue weighted by atomic mass is 10.1. The first-order chi connectivity index (χ1) is 12.0. The van der Waals surface area contributed by atoms with Gasteiger partial charge in [0.1, 0.15) is 5.82 Å². The van der Waals surface area contributed by atoms with Gasteiger partial charge in [0.15, 0.2) is 0 Å². The van der Waals surface area contributed by atoms with Gasteiger partial charge in [-0.05, 0) is 49.2 Å². The zero-order chi connectivity index (χ0) is 17.8. The Morgan fingerprint density at radius 3 is 2.56 bits per heavy atom. The molecule has 5 nitrogen and oxygen atoms in total. The van der Waals surface area contributed by atoms with Gasteiger partial charge in [0.2, 0.25) is 0 Å². The summed E-state index contributed by atoms with van der Waals surface area (Å²) in [6.45, 7) is 5.45. The highest BCUT2D eigenvalue weighted by molar-refractivity contribution is 5.99. The summed E-state index contributed by atoms with van der Waals surface area (Å²) in [5.41, 5.74) is 5.45. The Bertz CT molecular complexity index is 775. The van der Waals surface area contributed by atoms with E-state index in [0.717, 1.165) is 11.1 Å². The van der Waals surface area contributed by atoms with Crippen LogP contribution in [0.4, 0.5) is 15.8 Å². The quantitative estimate of drug-likeness (QED) is 0.788. The fourth-order valence-electron chi connectivity index (χ4n) is 2.49. The molecule has 0 saturated carbocycles. The number of amides is 1. The van der Waals surface area contributed by atoms with Gasteiger partial charge in [-0.2, -0.15) is 0 Å². The lowest BCUT2D eigenvalue weighted by Crippen LogP contribution is -2.35. The molecule has 25 heavy (non-hydrogen) atoms. The van der Waals surface area contributed by atoms with Gasteiger partial charge in [-0.1, -0.05) is 12.1 Å². The molecule has 0 bridgehead atoms. The van der Waals surface area contributed by atoms with Crippen LogP contribution in [0.25, 0.3) is 0 Å². The number of rotatable bonds is 6. The maximum absolute atomic E-state index is 14.1. The molecule has 0 aliphatic carbocycles. The Morgan fingerprint density at radius 1 is 1.16 bits per heavy atom. The van der Waals surface area contributed by atoms with Crippen LogP contribution in [0.5, 0.6) is 0 Å². The van der Waals surface area contributed by atoms with Crippen LogP contribution < -0.4 is 10.8 Å². The second kappa shape index (κ2) is 7.63. The molecule has 0 atom stereocenters. The van der Waals surface area contributed by atoms with Crippen molar-refractivity contribution in [1.82, 2.24) is 5.48 Å². The number of halogens is 1. The highest BCUT2D eigenvalue weighted by Crippen LogP contribution is 2.25. The van der Waals surface area contributed by atoms with Crippen LogP contribution in [0.2, 0.25) is 0 Å². The Hall–Kier alpha value is -2.44. The average molecular weight is 344 g/mol. The third-order valence-corrected chi connectivity index (χ3v) is 4.00. The molecule has 1 heterocycles. The van der Waals surface area contributed by atoms with Gasteiger partial charge in [0.25, 0.3) is 5.91 Å². The first-order valence-corrected chi connectivity index (χ1v) is 8.16. The summed E-state index contributed by atoms with van der Waals surface area (Å²) < 4.78 is 19.2. The molecule has 132 valence electrons. The molecular weight excluding hydrogens is 323 g/mol. The molecule has 0 aromatic heterocycles. The minimum Gasteiger partial charge on any atom is -0.381 e. The lowest BCUT2D eigenvalue weighted by molar-refractivity contribution is -0.0864. The highest BCUT2D eigenvalue weighted by atomic mass is 19.1. The van der Waals surface area contributed by atoms with Crippen LogP contribution in [0, 0.1) is 25.6 Å². The minimum absolute atomic E-state index is 0.317. The topological polar surface area (TPSA) is 59.6 Å². The van der Waals surface area contributed by atoms with E-state index < -0.39 is 0 Å². The van der Waals surface area contributed by atoms with Crippen molar-refractivity contribution in [3.63, 3.8) is 0 Å². The molecule has 0 spiro atoms. The predicted molar refractivity (Wildman–Crippen MR) is 93.3 cm³/mol. The molecule has 3 rings (SSSR count). The molecule has 1 fully saturated rings. The Morgan fingerprint density at radius 2 is 1.88 bits per heavy atom. The average Bonchev–Trinajstić information content (AvgIpc) is 2.52. The minimum atomic E-state index is -0.379. The van der Waals surface area contributed by atoms with Crippen LogP contribution >= 0.6 is 0 Å². The second-order valence-corrected chi connectivity index (χ2v) is 6.30. The van der Waals surface area contributed by atoms with E-state index in [2.05, 4.69) is 10.8 Å². The maximum atomic E-state index is 14.1. The molecule has 2 N–H and O–H groups in total. The van der Waals surface area contributed by atoms with E-state index in [1.54, 1.807) is 18.2 Å². The number of carbonyl (C=O) groups excluding carboxylic acids is 1. The third kappa shape index (κ3) is 4.35. The number of carbonyl (C=O) groups is 1. The molecule has 2 aromatic carbocycles. The zero-order valence-electron chi connectivity index (χ0n) is 14.3. The van der Waals surface area contributed by atoms with E-state index in [1.807, 2.05) is 26.0 Å². The van der Waals surface area contributed by atoms with Crippen LogP contribution in [-0.2, 0) is 9.57 Å². The van der Waals surface area contributed by atoms with Gasteiger partial charge in [-0.15, -0.1) is 0 Å². The number of anilines is 2. The van der Waals surface area contributed by atoms with E-state index in [1.165, 1.54) is 6.07 Å². The van der Waals surface area contributed by atoms with Crippen molar-refractivity contribution in [1.29, 1.82) is 0 Å². The summed E-state index contributed by atoms with van der Waals surface area (Å²) in [6.07, 6.45) is 0. The zero-order valence-corrected chi connectivity index (χ0v) is 14.3. The van der Waals surface area contributed by atoms with Crippen molar-refractivity contribution in [2.75, 3.05) is 25.1 Å². The summed E-state index contributed by atoms with van der Waals surface area (Å²) in [5, 5.41) is 3.00. The van der Waals surface area contributed by atoms with Crippen LogP contribution in [-0.4, -0.2) is 25.7 Å². The normalized spacial score (nSPS) is 14.0. The fraction of sp³-hybridized carbons (Fsp3) is 0.316. The summed E-state index contributed by atoms with van der Waals surface area (Å²) in [7, 11) is 0. The molecule has 1 saturated heterocycles. The van der Waals surface area contributed by atoms with Crippen molar-refractivity contribution in [2.24, 2.45) is 5.92 Å². The Labute approximate surface area is 146 Å². The van der Waals surface area contributed by atoms with Gasteiger partial charge in [0, 0.05) is 5.92 Å². The van der Waals surface area contributed by atoms with E-state index in [4.69, 9.17) is 9.57 Å². The number of hydrogen-bond acceptors (Lipinski definition) is 4. The van der Waals surface area contributed by atoms with Crippen LogP contribution in [0.1, 0.15) is 21.5 Å². The highest BCUT2D eigenvalue weighted by Gasteiger charge is 2.20. The molecule has 0 unspecified atom stereocenters. The SMILES string of the molecule is Cc1ccc(Nc2cc(C)ccc2C(=O)NOCC2COC2)c(F)c1. The van der Waals surface area contributed by atoms with Crippen molar-refractivity contribution in [3.05, 3.63) is 58.9 Å². The maximum Gasteiger partial charge on any atom is 0.276 e. The number of benzene rings is 2. The standard InChI is InChI=1S/C19H21FN2O3/c1-12-4-6-17(16(20)7-12)21-18-8-13(2)3-5-15(18)19(23)22-25-11-14-9-24-10-14/h3-8,14,21H,9-11H2,1-2H3,(H,22,23). The van der Waals surface area contributed by atoms with Crippen molar-refractivity contribution in [2.45, 2.75) is 13.8 Å². The smallest absolute Gasteiger partial charge is 0.276 e. The van der Waals surface area contributed by atoms with E-state index in [9.17, 15) is 9.18 Å². The molecular formula is C19H21FN2O3. The van der Waals surface area contributed by atoms with Gasteiger partial charge in [0.05, 0.1) is 36.8 Å². The summed E-state index contributed by atoms with van der Waals surface area (Å²) in [6, 6.07) is 10.2. The molecule has 0 radical (unpaired) electrons. The summed E-state index contributed by atoms with van der Waals surface area (Å²) in [5.74, 6) is -0.429. The lowest BCUT2D eigenvalue weighted by Gasteiger charge is -2.25. The number of hydrogen-bond donors (Lipinski definition) is 2. The molecule has 2 aromatic rings. The van der Waals surface area contributed by atoms with Crippen molar-refractivity contribution < 1.29 is 18.8 Å². The van der Waals surface area contributed by atoms with Crippen molar-refractivity contribution in [3.8, 4) is 0 Å². The summed E-state index contributed by atoms with van der Waals surface area (Å²) in [4.78, 5) is 17.6. The van der Waals surface area contributed by atoms with E-state index >= 15 is 0 Å². The molecule has 6 heteroatoms. The number of nitrogens with one attached hydrogen (secondary N) is 2. The van der Waals surface area contributed by atoms with E-state index in [0.29, 0.717) is 42.7 Å². The number of ether oxygens (including phenoxy) is 1. The van der Waals surface area contributed by atoms with Gasteiger partial charge in [-0.25, -0.2) is 9.87 Å². The third-order valence-electron chi connectivity index (χ3n) is 4.00. The van der Waals surface area contributed by atoms with Crippen LogP contribution in [0.15, 0.2) is 36.4 Å². The predicted octanol–water partition coefficient (Wildman–Crippen LogP) is 3.49. The molecule has 1 aliphatic heterocycles. The van der Waals surface area contributed by atoms with Gasteiger partial charge < -0.3 is 10.1 Å². The molecule has 1 amide bonds. The first kappa shape index (κ1) is 17.4. The molecule has 1 aliphatic rings. The Balaban J connectivity index is 1.73. The van der Waals surface area contributed by atoms with Crippen molar-refractivity contribution >= 4 is 17.3 Å². The number of aryl methyl sites for hydroxylation is 2. The first-order valence-electron chi connectivity index (χ1n) is 8.16. The van der Waals surface area contributed by atoms with E-state index in [-0.39, 0.29) is 11.7 Å². The van der Waals surface area contributed by atoms with Gasteiger partial charge >= 0.3 is 0 Å². The Kier molecular flexibility index (Phi) is 5.31. The fourth-order valence-corrected chi connectivity index (χ4v) is 2.49. The summed E-state index contributed by atoms with van der Waals surface area (Å²) >= 11 is 0. The van der Waals surface area contributed by atoms with Crippen LogP contribution in [0.3, 0.4) is 0 Å². The number of hydroxylamine groups is 1. The second-order valence-electron chi connectivity index (χ2n) is 6.30. The largest absolute Gasteiger partial charge is 0.381 e.